The molecule has 248 valence electrons. The lowest BCUT2D eigenvalue weighted by atomic mass is 9.84. The molecule has 0 unspecified atom stereocenters. The van der Waals surface area contributed by atoms with E-state index in [2.05, 4.69) is 5.32 Å². The van der Waals surface area contributed by atoms with E-state index < -0.39 is 63.3 Å². The van der Waals surface area contributed by atoms with Crippen molar-refractivity contribution in [2.24, 2.45) is 5.73 Å². The third-order valence-electron chi connectivity index (χ3n) is 8.09. The number of carbonyl (C=O) groups is 2. The summed E-state index contributed by atoms with van der Waals surface area (Å²) in [5.41, 5.74) is 6.34. The molecule has 1 aliphatic heterocycles. The van der Waals surface area contributed by atoms with Crippen molar-refractivity contribution in [2.45, 2.75) is 50.2 Å². The lowest BCUT2D eigenvalue weighted by Gasteiger charge is -2.40. The predicted molar refractivity (Wildman–Crippen MR) is 165 cm³/mol. The number of ether oxygens (including phenoxy) is 1. The Morgan fingerprint density at radius 2 is 1.61 bits per heavy atom. The minimum absolute atomic E-state index is 0.0645. The number of nitrogens with two attached hydrogens (primary N) is 1. The highest BCUT2D eigenvalue weighted by atomic mass is 32.2. The topological polar surface area (TPSA) is 122 Å². The Kier molecular flexibility index (Phi) is 11.2. The average molecular weight is 665 g/mol. The highest BCUT2D eigenvalue weighted by Crippen LogP contribution is 2.33. The van der Waals surface area contributed by atoms with E-state index >= 15 is 4.39 Å². The highest BCUT2D eigenvalue weighted by Gasteiger charge is 2.39. The molecular weight excluding hydrogens is 628 g/mol. The summed E-state index contributed by atoms with van der Waals surface area (Å²) in [6.07, 6.45) is 0.515. The monoisotopic (exact) mass is 664 g/mol. The molecule has 1 saturated heterocycles. The van der Waals surface area contributed by atoms with E-state index in [1.165, 1.54) is 28.6 Å². The van der Waals surface area contributed by atoms with Gasteiger partial charge < -0.3 is 15.8 Å². The van der Waals surface area contributed by atoms with E-state index in [9.17, 15) is 31.2 Å². The van der Waals surface area contributed by atoms with Gasteiger partial charge in [-0.15, -0.1) is 0 Å². The van der Waals surface area contributed by atoms with Crippen LogP contribution in [0.3, 0.4) is 0 Å². The molecule has 0 spiro atoms. The van der Waals surface area contributed by atoms with E-state index in [-0.39, 0.29) is 41.3 Å². The van der Waals surface area contributed by atoms with Crippen LogP contribution in [0.25, 0.3) is 0 Å². The van der Waals surface area contributed by atoms with Crippen LogP contribution in [-0.2, 0) is 26.0 Å². The molecule has 14 heteroatoms. The first-order valence-electron chi connectivity index (χ1n) is 14.6. The minimum atomic E-state index is -3.62. The van der Waals surface area contributed by atoms with Gasteiger partial charge in [0.2, 0.25) is 10.0 Å². The number of benzene rings is 3. The van der Waals surface area contributed by atoms with Crippen molar-refractivity contribution in [2.75, 3.05) is 31.4 Å². The molecule has 46 heavy (non-hydrogen) atoms. The van der Waals surface area contributed by atoms with Gasteiger partial charge >= 0.3 is 6.09 Å². The van der Waals surface area contributed by atoms with E-state index in [0.717, 1.165) is 43.7 Å². The van der Waals surface area contributed by atoms with Gasteiger partial charge in [-0.3, -0.25) is 4.79 Å². The second kappa shape index (κ2) is 14.7. The number of carbonyl (C=O) groups excluding carboxylic acids is 2. The fourth-order valence-electron chi connectivity index (χ4n) is 6.03. The summed E-state index contributed by atoms with van der Waals surface area (Å²) >= 11 is 0. The molecule has 1 heterocycles. The number of anilines is 1. The first-order chi connectivity index (χ1) is 21.8. The largest absolute Gasteiger partial charge is 0.452 e. The van der Waals surface area contributed by atoms with Crippen LogP contribution in [0.15, 0.2) is 60.7 Å². The van der Waals surface area contributed by atoms with Gasteiger partial charge in [-0.1, -0.05) is 25.1 Å². The molecule has 1 fully saturated rings. The Morgan fingerprint density at radius 1 is 0.978 bits per heavy atom. The van der Waals surface area contributed by atoms with Gasteiger partial charge in [0, 0.05) is 42.7 Å². The van der Waals surface area contributed by atoms with Crippen LogP contribution in [-0.4, -0.2) is 69.3 Å². The van der Waals surface area contributed by atoms with Crippen LogP contribution in [0.1, 0.15) is 42.4 Å². The standard InChI is InChI=1S/C32H36F4N4O5S/c1-4-24-17-38-18-25(40(24)46(3,43)44)12-13-26-27(36)6-5-7-28(26)39(32(42)45-2)31(41)30(37)29(19-8-10-21(33)11-9-19)20-14-22(34)16-23(35)15-20/h5-11,14-16,24-25,29-30,38H,4,12-13,17-18,37H2,1-3H3/t24-,25-,29-,30-/m0/s1. The predicted octanol–water partition coefficient (Wildman–Crippen LogP) is 4.45. The molecule has 1 aliphatic rings. The van der Waals surface area contributed by atoms with Crippen molar-refractivity contribution in [3.05, 3.63) is 101 Å². The van der Waals surface area contributed by atoms with Gasteiger partial charge in [-0.2, -0.15) is 4.31 Å². The Hall–Kier alpha value is -3.85. The summed E-state index contributed by atoms with van der Waals surface area (Å²) in [6.45, 7) is 2.63. The van der Waals surface area contributed by atoms with E-state index in [1.54, 1.807) is 0 Å². The molecule has 2 amide bonds. The Morgan fingerprint density at radius 3 is 2.20 bits per heavy atom. The van der Waals surface area contributed by atoms with Gasteiger partial charge in [0.05, 0.1) is 25.1 Å². The lowest BCUT2D eigenvalue weighted by molar-refractivity contribution is -0.119. The molecule has 3 aromatic rings. The van der Waals surface area contributed by atoms with Gasteiger partial charge in [0.1, 0.15) is 23.3 Å². The van der Waals surface area contributed by atoms with E-state index in [0.29, 0.717) is 30.5 Å². The van der Waals surface area contributed by atoms with E-state index in [1.807, 2.05) is 6.92 Å². The fraction of sp³-hybridized carbons (Fsp3) is 0.375. The number of hydrogen-bond acceptors (Lipinski definition) is 7. The van der Waals surface area contributed by atoms with Crippen molar-refractivity contribution in [1.82, 2.24) is 9.62 Å². The maximum absolute atomic E-state index is 15.5. The van der Waals surface area contributed by atoms with Gasteiger partial charge in [-0.05, 0) is 66.8 Å². The molecule has 0 aromatic heterocycles. The Bertz CT molecular complexity index is 1660. The SMILES string of the molecule is CC[C@H]1CNC[C@H](CCc2c(F)cccc2N(C(=O)OC)C(=O)[C@@H](N)[C@@H](c2ccc(F)cc2)c2cc(F)cc(F)c2)N1S(C)(=O)=O. The number of rotatable bonds is 10. The molecule has 9 nitrogen and oxygen atoms in total. The molecule has 3 aromatic carbocycles. The second-order valence-corrected chi connectivity index (χ2v) is 13.0. The number of nitrogens with one attached hydrogen (secondary N) is 1. The zero-order chi connectivity index (χ0) is 33.8. The minimum Gasteiger partial charge on any atom is -0.452 e. The first-order valence-corrected chi connectivity index (χ1v) is 16.5. The first kappa shape index (κ1) is 35.0. The number of sulfonamides is 1. The lowest BCUT2D eigenvalue weighted by Crippen LogP contribution is -2.58. The van der Waals surface area contributed by atoms with Crippen LogP contribution >= 0.6 is 0 Å². The quantitative estimate of drug-likeness (QED) is 0.308. The van der Waals surface area contributed by atoms with Gasteiger partial charge in [0.15, 0.2) is 0 Å². The number of amides is 2. The maximum Gasteiger partial charge on any atom is 0.420 e. The summed E-state index contributed by atoms with van der Waals surface area (Å²) in [5.74, 6) is -5.65. The van der Waals surface area contributed by atoms with Crippen molar-refractivity contribution in [3.8, 4) is 0 Å². The van der Waals surface area contributed by atoms with Crippen molar-refractivity contribution in [3.63, 3.8) is 0 Å². The molecular formula is C32H36F4N4O5S. The van der Waals surface area contributed by atoms with Crippen LogP contribution in [0.2, 0.25) is 0 Å². The number of methoxy groups -OCH3 is 1. The number of imide groups is 1. The molecule has 0 radical (unpaired) electrons. The second-order valence-electron chi connectivity index (χ2n) is 11.1. The Labute approximate surface area is 265 Å². The van der Waals surface area contributed by atoms with Crippen LogP contribution in [0.5, 0.6) is 0 Å². The van der Waals surface area contributed by atoms with Crippen LogP contribution in [0, 0.1) is 23.3 Å². The van der Waals surface area contributed by atoms with Crippen molar-refractivity contribution in [1.29, 1.82) is 0 Å². The summed E-state index contributed by atoms with van der Waals surface area (Å²) < 4.78 is 89.6. The number of halogens is 4. The van der Waals surface area contributed by atoms with Crippen molar-refractivity contribution >= 4 is 27.7 Å². The van der Waals surface area contributed by atoms with Gasteiger partial charge in [0.25, 0.3) is 5.91 Å². The highest BCUT2D eigenvalue weighted by molar-refractivity contribution is 7.88. The average Bonchev–Trinajstić information content (AvgIpc) is 3.00. The molecule has 0 bridgehead atoms. The third-order valence-corrected chi connectivity index (χ3v) is 9.45. The summed E-state index contributed by atoms with van der Waals surface area (Å²) in [5, 5.41) is 3.21. The number of piperazine rings is 1. The zero-order valence-electron chi connectivity index (χ0n) is 25.6. The van der Waals surface area contributed by atoms with Crippen LogP contribution in [0.4, 0.5) is 28.0 Å². The molecule has 4 atom stereocenters. The molecule has 3 N–H and O–H groups in total. The number of nitrogens with zero attached hydrogens (tertiary/aromatic N) is 2. The van der Waals surface area contributed by atoms with Gasteiger partial charge in [-0.25, -0.2) is 35.7 Å². The normalized spacial score (nSPS) is 18.5. The zero-order valence-corrected chi connectivity index (χ0v) is 26.4. The summed E-state index contributed by atoms with van der Waals surface area (Å²) in [6, 6.07) is 8.50. The number of hydrogen-bond donors (Lipinski definition) is 2. The Balaban J connectivity index is 1.75. The van der Waals surface area contributed by atoms with Crippen LogP contribution < -0.4 is 16.0 Å². The third kappa shape index (κ3) is 7.74. The van der Waals surface area contributed by atoms with Crippen molar-refractivity contribution < 1.29 is 40.3 Å². The molecule has 0 aliphatic carbocycles. The smallest absolute Gasteiger partial charge is 0.420 e. The molecule has 0 saturated carbocycles. The molecule has 4 rings (SSSR count). The maximum atomic E-state index is 15.5. The summed E-state index contributed by atoms with van der Waals surface area (Å²) in [7, 11) is -2.61. The van der Waals surface area contributed by atoms with E-state index in [4.69, 9.17) is 10.5 Å². The summed E-state index contributed by atoms with van der Waals surface area (Å²) in [4.78, 5) is 27.9. The fourth-order valence-corrected chi connectivity index (χ4v) is 7.51.